The lowest BCUT2D eigenvalue weighted by atomic mass is 9.94. The summed E-state index contributed by atoms with van der Waals surface area (Å²) >= 11 is 6.47. The second-order valence-corrected chi connectivity index (χ2v) is 9.34. The van der Waals surface area contributed by atoms with Crippen molar-refractivity contribution in [1.29, 1.82) is 0 Å². The van der Waals surface area contributed by atoms with Gasteiger partial charge in [0, 0.05) is 50.0 Å². The molecule has 3 amide bonds. The number of urea groups is 1. The second-order valence-electron chi connectivity index (χ2n) is 8.93. The number of piperazine rings is 1. The third-order valence-corrected chi connectivity index (χ3v) is 6.94. The van der Waals surface area contributed by atoms with Crippen LogP contribution < -0.4 is 5.32 Å². The molecule has 2 aromatic carbocycles. The number of rotatable bonds is 8. The zero-order valence-corrected chi connectivity index (χ0v) is 21.9. The second kappa shape index (κ2) is 12.2. The summed E-state index contributed by atoms with van der Waals surface area (Å²) in [5.41, 5.74) is 1.41. The molecule has 0 aromatic heterocycles. The van der Waals surface area contributed by atoms with Gasteiger partial charge in [0.25, 0.3) is 5.91 Å². The first kappa shape index (κ1) is 27.3. The Balaban J connectivity index is 1.63. The van der Waals surface area contributed by atoms with Gasteiger partial charge in [-0.15, -0.1) is 6.58 Å². The lowest BCUT2D eigenvalue weighted by Gasteiger charge is -2.40. The van der Waals surface area contributed by atoms with Crippen molar-refractivity contribution >= 4 is 29.5 Å². The number of nitrogens with zero attached hydrogens (tertiary/aromatic N) is 3. The standard InChI is InChI=1S/C28H30ClFN4O4/c1-3-13-34-23(18-32-14-16-33(17-15-32)26(35)20-10-6-8-12-22(20)30)24(27(36)38-4-2)25(31-28(34)37)19-9-5-7-11-21(19)29/h3,5-12,25H,1,4,13-18H2,2H3,(H,31,37). The average Bonchev–Trinajstić information content (AvgIpc) is 2.91. The smallest absolute Gasteiger partial charge is 0.338 e. The lowest BCUT2D eigenvalue weighted by molar-refractivity contribution is -0.139. The van der Waals surface area contributed by atoms with Gasteiger partial charge in [0.2, 0.25) is 0 Å². The molecule has 1 atom stereocenters. The normalized spacial score (nSPS) is 18.3. The molecule has 1 unspecified atom stereocenters. The zero-order valence-electron chi connectivity index (χ0n) is 21.2. The highest BCUT2D eigenvalue weighted by molar-refractivity contribution is 6.31. The zero-order chi connectivity index (χ0) is 27.2. The molecular formula is C28H30ClFN4O4. The minimum absolute atomic E-state index is 0.0388. The van der Waals surface area contributed by atoms with Crippen LogP contribution in [0.5, 0.6) is 0 Å². The maximum atomic E-state index is 14.2. The highest BCUT2D eigenvalue weighted by Gasteiger charge is 2.39. The van der Waals surface area contributed by atoms with Crippen LogP contribution in [0, 0.1) is 5.82 Å². The topological polar surface area (TPSA) is 82.2 Å². The van der Waals surface area contributed by atoms with E-state index in [2.05, 4.69) is 16.8 Å². The molecule has 2 aromatic rings. The van der Waals surface area contributed by atoms with Gasteiger partial charge in [-0.3, -0.25) is 14.6 Å². The molecule has 2 aliphatic rings. The Morgan fingerprint density at radius 2 is 1.82 bits per heavy atom. The Morgan fingerprint density at radius 1 is 1.13 bits per heavy atom. The van der Waals surface area contributed by atoms with Gasteiger partial charge >= 0.3 is 12.0 Å². The van der Waals surface area contributed by atoms with E-state index >= 15 is 0 Å². The van der Waals surface area contributed by atoms with E-state index in [1.807, 2.05) is 0 Å². The Kier molecular flexibility index (Phi) is 8.81. The predicted octanol–water partition coefficient (Wildman–Crippen LogP) is 4.01. The minimum Gasteiger partial charge on any atom is -0.463 e. The molecule has 0 bridgehead atoms. The first-order valence-corrected chi connectivity index (χ1v) is 12.8. The maximum Gasteiger partial charge on any atom is 0.338 e. The number of halogens is 2. The van der Waals surface area contributed by atoms with Crippen LogP contribution in [0.4, 0.5) is 9.18 Å². The SMILES string of the molecule is C=CCN1C(=O)NC(c2ccccc2Cl)C(C(=O)OCC)=C1CN1CCN(C(=O)c2ccccc2F)CC1. The van der Waals surface area contributed by atoms with Crippen molar-refractivity contribution in [3.8, 4) is 0 Å². The van der Waals surface area contributed by atoms with Crippen molar-refractivity contribution in [1.82, 2.24) is 20.0 Å². The van der Waals surface area contributed by atoms with E-state index in [0.717, 1.165) is 0 Å². The number of amides is 3. The van der Waals surface area contributed by atoms with E-state index in [1.54, 1.807) is 54.3 Å². The quantitative estimate of drug-likeness (QED) is 0.404. The third kappa shape index (κ3) is 5.74. The molecule has 200 valence electrons. The van der Waals surface area contributed by atoms with Crippen molar-refractivity contribution in [3.05, 3.63) is 94.4 Å². The van der Waals surface area contributed by atoms with Crippen LogP contribution in [0.3, 0.4) is 0 Å². The molecule has 1 saturated heterocycles. The number of hydrogen-bond acceptors (Lipinski definition) is 5. The molecule has 0 saturated carbocycles. The molecule has 0 aliphatic carbocycles. The van der Waals surface area contributed by atoms with E-state index in [9.17, 15) is 18.8 Å². The Hall–Kier alpha value is -3.69. The fourth-order valence-electron chi connectivity index (χ4n) is 4.71. The van der Waals surface area contributed by atoms with Crippen LogP contribution >= 0.6 is 11.6 Å². The molecular weight excluding hydrogens is 511 g/mol. The number of carbonyl (C=O) groups excluding carboxylic acids is 3. The van der Waals surface area contributed by atoms with Crippen molar-refractivity contribution in [3.63, 3.8) is 0 Å². The molecule has 0 radical (unpaired) electrons. The van der Waals surface area contributed by atoms with Crippen molar-refractivity contribution < 1.29 is 23.5 Å². The first-order chi connectivity index (χ1) is 18.3. The van der Waals surface area contributed by atoms with Gasteiger partial charge in [-0.25, -0.2) is 14.0 Å². The summed E-state index contributed by atoms with van der Waals surface area (Å²) in [6.07, 6.45) is 1.59. The van der Waals surface area contributed by atoms with Gasteiger partial charge < -0.3 is 15.0 Å². The van der Waals surface area contributed by atoms with E-state index in [1.165, 1.54) is 17.0 Å². The fourth-order valence-corrected chi connectivity index (χ4v) is 4.96. The average molecular weight is 541 g/mol. The first-order valence-electron chi connectivity index (χ1n) is 12.4. The van der Waals surface area contributed by atoms with Crippen LogP contribution in [0.25, 0.3) is 0 Å². The highest BCUT2D eigenvalue weighted by atomic mass is 35.5. The van der Waals surface area contributed by atoms with E-state index in [4.69, 9.17) is 16.3 Å². The van der Waals surface area contributed by atoms with Gasteiger partial charge in [0.1, 0.15) is 5.82 Å². The number of ether oxygens (including phenoxy) is 1. The number of benzene rings is 2. The number of carbonyl (C=O) groups is 3. The molecule has 0 spiro atoms. The van der Waals surface area contributed by atoms with Gasteiger partial charge in [-0.1, -0.05) is 48.0 Å². The maximum absolute atomic E-state index is 14.2. The van der Waals surface area contributed by atoms with Crippen molar-refractivity contribution in [2.24, 2.45) is 0 Å². The fraction of sp³-hybridized carbons (Fsp3) is 0.321. The summed E-state index contributed by atoms with van der Waals surface area (Å²) in [4.78, 5) is 44.5. The molecule has 8 nitrogen and oxygen atoms in total. The molecule has 38 heavy (non-hydrogen) atoms. The van der Waals surface area contributed by atoms with Crippen molar-refractivity contribution in [2.75, 3.05) is 45.9 Å². The molecule has 2 aliphatic heterocycles. The summed E-state index contributed by atoms with van der Waals surface area (Å²) in [5, 5.41) is 3.31. The summed E-state index contributed by atoms with van der Waals surface area (Å²) in [7, 11) is 0. The van der Waals surface area contributed by atoms with Crippen LogP contribution in [0.15, 0.2) is 72.5 Å². The van der Waals surface area contributed by atoms with Crippen LogP contribution in [-0.2, 0) is 9.53 Å². The summed E-state index contributed by atoms with van der Waals surface area (Å²) in [6.45, 7) is 7.78. The Labute approximate surface area is 226 Å². The lowest BCUT2D eigenvalue weighted by Crippen LogP contribution is -2.54. The van der Waals surface area contributed by atoms with Crippen LogP contribution in [0.1, 0.15) is 28.9 Å². The van der Waals surface area contributed by atoms with Gasteiger partial charge in [0.15, 0.2) is 0 Å². The third-order valence-electron chi connectivity index (χ3n) is 6.60. The summed E-state index contributed by atoms with van der Waals surface area (Å²) < 4.78 is 19.6. The Bertz CT molecular complexity index is 1260. The number of hydrogen-bond donors (Lipinski definition) is 1. The molecule has 1 fully saturated rings. The largest absolute Gasteiger partial charge is 0.463 e. The van der Waals surface area contributed by atoms with Gasteiger partial charge in [0.05, 0.1) is 23.8 Å². The van der Waals surface area contributed by atoms with Crippen LogP contribution in [-0.4, -0.2) is 78.5 Å². The van der Waals surface area contributed by atoms with Crippen LogP contribution in [0.2, 0.25) is 5.02 Å². The van der Waals surface area contributed by atoms with E-state index in [0.29, 0.717) is 48.0 Å². The summed E-state index contributed by atoms with van der Waals surface area (Å²) in [6, 6.07) is 11.8. The predicted molar refractivity (Wildman–Crippen MR) is 142 cm³/mol. The van der Waals surface area contributed by atoms with E-state index in [-0.39, 0.29) is 37.2 Å². The molecule has 10 heteroatoms. The molecule has 4 rings (SSSR count). The number of esters is 1. The number of nitrogens with one attached hydrogen (secondary N) is 1. The van der Waals surface area contributed by atoms with Gasteiger partial charge in [-0.2, -0.15) is 0 Å². The molecule has 1 N–H and O–H groups in total. The minimum atomic E-state index is -0.796. The Morgan fingerprint density at radius 3 is 2.47 bits per heavy atom. The van der Waals surface area contributed by atoms with E-state index < -0.39 is 17.8 Å². The highest BCUT2D eigenvalue weighted by Crippen LogP contribution is 2.35. The molecule has 2 heterocycles. The van der Waals surface area contributed by atoms with Gasteiger partial charge in [-0.05, 0) is 30.7 Å². The van der Waals surface area contributed by atoms with Crippen molar-refractivity contribution in [2.45, 2.75) is 13.0 Å². The summed E-state index contributed by atoms with van der Waals surface area (Å²) in [5.74, 6) is -1.46. The monoisotopic (exact) mass is 540 g/mol.